The molecule has 1 heterocycles. The number of ether oxygens (including phenoxy) is 1. The summed E-state index contributed by atoms with van der Waals surface area (Å²) in [5.74, 6) is -0.578. The van der Waals surface area contributed by atoms with Gasteiger partial charge in [-0.25, -0.2) is 9.78 Å². The molecular weight excluding hydrogens is 231 g/mol. The van der Waals surface area contributed by atoms with Crippen molar-refractivity contribution in [3.05, 3.63) is 16.1 Å². The molecule has 0 saturated heterocycles. The quantitative estimate of drug-likeness (QED) is 0.760. The van der Waals surface area contributed by atoms with Crippen LogP contribution in [0.2, 0.25) is 0 Å². The largest absolute Gasteiger partial charge is 0.465 e. The molecule has 15 heavy (non-hydrogen) atoms. The van der Waals surface area contributed by atoms with E-state index in [0.717, 1.165) is 11.3 Å². The summed E-state index contributed by atoms with van der Waals surface area (Å²) < 4.78 is 40.0. The fourth-order valence-electron chi connectivity index (χ4n) is 0.869. The van der Waals surface area contributed by atoms with Crippen LogP contribution in [-0.4, -0.2) is 24.2 Å². The van der Waals surface area contributed by atoms with Crippen molar-refractivity contribution >= 4 is 17.3 Å². The van der Waals surface area contributed by atoms with E-state index in [1.165, 1.54) is 13.3 Å². The van der Waals surface area contributed by atoms with Crippen molar-refractivity contribution in [1.29, 1.82) is 0 Å². The lowest BCUT2D eigenvalue weighted by atomic mass is 10.3. The molecule has 0 aromatic carbocycles. The summed E-state index contributed by atoms with van der Waals surface area (Å²) in [7, 11) is 1.21. The molecule has 0 bridgehead atoms. The maximum atomic E-state index is 11.9. The van der Waals surface area contributed by atoms with E-state index in [9.17, 15) is 18.0 Å². The SMILES string of the molecule is COC(=O)c1cnc(CCC(F)(F)F)s1. The number of halogens is 3. The van der Waals surface area contributed by atoms with E-state index in [-0.39, 0.29) is 16.3 Å². The third kappa shape index (κ3) is 3.86. The molecule has 0 radical (unpaired) electrons. The number of carbonyl (C=O) groups is 1. The predicted molar refractivity (Wildman–Crippen MR) is 47.8 cm³/mol. The van der Waals surface area contributed by atoms with Crippen LogP contribution >= 0.6 is 11.3 Å². The number of hydrogen-bond donors (Lipinski definition) is 0. The average molecular weight is 239 g/mol. The number of hydrogen-bond acceptors (Lipinski definition) is 4. The molecule has 0 saturated carbocycles. The first-order valence-electron chi connectivity index (χ1n) is 4.02. The van der Waals surface area contributed by atoms with Gasteiger partial charge in [-0.15, -0.1) is 11.3 Å². The Morgan fingerprint density at radius 1 is 1.60 bits per heavy atom. The molecule has 0 amide bonds. The minimum atomic E-state index is -4.20. The minimum Gasteiger partial charge on any atom is -0.465 e. The van der Waals surface area contributed by atoms with E-state index in [1.807, 2.05) is 0 Å². The van der Waals surface area contributed by atoms with Gasteiger partial charge in [0.25, 0.3) is 0 Å². The fraction of sp³-hybridized carbons (Fsp3) is 0.500. The number of rotatable bonds is 3. The first-order valence-corrected chi connectivity index (χ1v) is 4.84. The molecule has 0 fully saturated rings. The summed E-state index contributed by atoms with van der Waals surface area (Å²) in [6, 6.07) is 0. The maximum absolute atomic E-state index is 11.9. The third-order valence-corrected chi connectivity index (χ3v) is 2.60. The molecular formula is C8H8F3NO2S. The number of methoxy groups -OCH3 is 1. The molecule has 0 atom stereocenters. The van der Waals surface area contributed by atoms with Crippen molar-refractivity contribution in [3.8, 4) is 0 Å². The Kier molecular flexibility index (Phi) is 3.67. The number of aryl methyl sites for hydroxylation is 1. The lowest BCUT2D eigenvalue weighted by Crippen LogP contribution is -2.08. The van der Waals surface area contributed by atoms with Crippen LogP contribution in [0.5, 0.6) is 0 Å². The van der Waals surface area contributed by atoms with Gasteiger partial charge in [0.05, 0.1) is 18.3 Å². The molecule has 3 nitrogen and oxygen atoms in total. The van der Waals surface area contributed by atoms with Crippen molar-refractivity contribution < 1.29 is 22.7 Å². The second kappa shape index (κ2) is 4.61. The predicted octanol–water partition coefficient (Wildman–Crippen LogP) is 2.42. The standard InChI is InChI=1S/C8H8F3NO2S/c1-14-7(13)5-4-12-6(15-5)2-3-8(9,10)11/h4H,2-3H2,1H3. The van der Waals surface area contributed by atoms with Crippen LogP contribution in [0.1, 0.15) is 21.1 Å². The Balaban J connectivity index is 2.57. The van der Waals surface area contributed by atoms with Crippen molar-refractivity contribution in [1.82, 2.24) is 4.98 Å². The van der Waals surface area contributed by atoms with Gasteiger partial charge < -0.3 is 4.74 Å². The molecule has 0 spiro atoms. The highest BCUT2D eigenvalue weighted by Crippen LogP contribution is 2.24. The topological polar surface area (TPSA) is 39.2 Å². The van der Waals surface area contributed by atoms with E-state index in [2.05, 4.69) is 9.72 Å². The Morgan fingerprint density at radius 3 is 2.80 bits per heavy atom. The zero-order valence-electron chi connectivity index (χ0n) is 7.80. The van der Waals surface area contributed by atoms with E-state index in [4.69, 9.17) is 0 Å². The van der Waals surface area contributed by atoms with Crippen LogP contribution in [0.15, 0.2) is 6.20 Å². The van der Waals surface area contributed by atoms with Crippen molar-refractivity contribution in [2.45, 2.75) is 19.0 Å². The van der Waals surface area contributed by atoms with Gasteiger partial charge in [0.15, 0.2) is 0 Å². The Morgan fingerprint density at radius 2 is 2.27 bits per heavy atom. The maximum Gasteiger partial charge on any atom is 0.389 e. The number of aromatic nitrogens is 1. The Hall–Kier alpha value is -1.11. The van der Waals surface area contributed by atoms with Gasteiger partial charge in [-0.1, -0.05) is 0 Å². The summed E-state index contributed by atoms with van der Waals surface area (Å²) in [5, 5.41) is 0.285. The van der Waals surface area contributed by atoms with Gasteiger partial charge in [-0.05, 0) is 0 Å². The lowest BCUT2D eigenvalue weighted by molar-refractivity contribution is -0.134. The summed E-state index contributed by atoms with van der Waals surface area (Å²) in [6.45, 7) is 0. The normalized spacial score (nSPS) is 11.5. The van der Waals surface area contributed by atoms with Crippen LogP contribution in [0.4, 0.5) is 13.2 Å². The first kappa shape index (κ1) is 12.0. The molecule has 84 valence electrons. The zero-order valence-corrected chi connectivity index (χ0v) is 8.61. The molecule has 1 aromatic heterocycles. The molecule has 0 aliphatic carbocycles. The second-order valence-electron chi connectivity index (χ2n) is 2.73. The number of thiazole rings is 1. The number of nitrogens with zero attached hydrogens (tertiary/aromatic N) is 1. The van der Waals surface area contributed by atoms with E-state index in [0.29, 0.717) is 0 Å². The molecule has 1 rings (SSSR count). The van der Waals surface area contributed by atoms with Crippen molar-refractivity contribution in [2.24, 2.45) is 0 Å². The summed E-state index contributed by atoms with van der Waals surface area (Å²) in [5.41, 5.74) is 0. The Labute approximate surface area is 87.9 Å². The smallest absolute Gasteiger partial charge is 0.389 e. The highest BCUT2D eigenvalue weighted by Gasteiger charge is 2.27. The first-order chi connectivity index (χ1) is 6.92. The van der Waals surface area contributed by atoms with E-state index >= 15 is 0 Å². The lowest BCUT2D eigenvalue weighted by Gasteiger charge is -2.02. The summed E-state index contributed by atoms with van der Waals surface area (Å²) in [6.07, 6.45) is -4.11. The molecule has 0 aliphatic rings. The van der Waals surface area contributed by atoms with Gasteiger partial charge in [-0.3, -0.25) is 0 Å². The zero-order chi connectivity index (χ0) is 11.5. The number of esters is 1. The highest BCUT2D eigenvalue weighted by atomic mass is 32.1. The van der Waals surface area contributed by atoms with E-state index < -0.39 is 18.6 Å². The summed E-state index contributed by atoms with van der Waals surface area (Å²) >= 11 is 0.921. The molecule has 0 unspecified atom stereocenters. The average Bonchev–Trinajstić information content (AvgIpc) is 2.61. The third-order valence-electron chi connectivity index (χ3n) is 1.56. The van der Waals surface area contributed by atoms with Gasteiger partial charge in [0, 0.05) is 12.8 Å². The van der Waals surface area contributed by atoms with Crippen LogP contribution in [-0.2, 0) is 11.2 Å². The highest BCUT2D eigenvalue weighted by molar-refractivity contribution is 7.13. The number of alkyl halides is 3. The molecule has 1 aromatic rings. The fourth-order valence-corrected chi connectivity index (χ4v) is 1.70. The number of carbonyl (C=O) groups excluding carboxylic acids is 1. The van der Waals surface area contributed by atoms with Crippen LogP contribution in [0.3, 0.4) is 0 Å². The van der Waals surface area contributed by atoms with Crippen molar-refractivity contribution in [3.63, 3.8) is 0 Å². The van der Waals surface area contributed by atoms with E-state index in [1.54, 1.807) is 0 Å². The van der Waals surface area contributed by atoms with Crippen LogP contribution in [0.25, 0.3) is 0 Å². The monoisotopic (exact) mass is 239 g/mol. The molecule has 7 heteroatoms. The van der Waals surface area contributed by atoms with Crippen LogP contribution in [0, 0.1) is 0 Å². The second-order valence-corrected chi connectivity index (χ2v) is 3.84. The molecule has 0 N–H and O–H groups in total. The van der Waals surface area contributed by atoms with Crippen LogP contribution < -0.4 is 0 Å². The van der Waals surface area contributed by atoms with Crippen molar-refractivity contribution in [2.75, 3.05) is 7.11 Å². The summed E-state index contributed by atoms with van der Waals surface area (Å²) in [4.78, 5) is 14.9. The minimum absolute atomic E-state index is 0.203. The van der Waals surface area contributed by atoms with Gasteiger partial charge in [-0.2, -0.15) is 13.2 Å². The molecule has 0 aliphatic heterocycles. The van der Waals surface area contributed by atoms with Gasteiger partial charge in [0.2, 0.25) is 0 Å². The Bertz CT molecular complexity index is 348. The van der Waals surface area contributed by atoms with Gasteiger partial charge in [0.1, 0.15) is 4.88 Å². The van der Waals surface area contributed by atoms with Gasteiger partial charge >= 0.3 is 12.1 Å².